The number of hydrogen-bond donors (Lipinski definition) is 4. The van der Waals surface area contributed by atoms with Gasteiger partial charge in [-0.2, -0.15) is 0 Å². The average Bonchev–Trinajstić information content (AvgIpc) is 3.92. The highest BCUT2D eigenvalue weighted by atomic mass is 32.1. The molecule has 0 aliphatic carbocycles. The third-order valence-corrected chi connectivity index (χ3v) is 11.6. The van der Waals surface area contributed by atoms with Crippen LogP contribution in [0.15, 0.2) is 20.7 Å². The van der Waals surface area contributed by atoms with Gasteiger partial charge in [-0.15, -0.1) is 22.7 Å². The van der Waals surface area contributed by atoms with E-state index in [1.807, 2.05) is 55.4 Å². The van der Waals surface area contributed by atoms with Gasteiger partial charge >= 0.3 is 0 Å². The quantitative estimate of drug-likeness (QED) is 0.345. The summed E-state index contributed by atoms with van der Waals surface area (Å²) in [5, 5.41) is 17.0. The summed E-state index contributed by atoms with van der Waals surface area (Å²) in [5.41, 5.74) is 0.904. The van der Waals surface area contributed by atoms with Gasteiger partial charge in [0.2, 0.25) is 35.4 Å². The first-order valence-corrected chi connectivity index (χ1v) is 19.6. The Labute approximate surface area is 307 Å². The van der Waals surface area contributed by atoms with Gasteiger partial charge in [0.15, 0.2) is 12.1 Å². The van der Waals surface area contributed by atoms with Crippen LogP contribution in [0.4, 0.5) is 0 Å². The summed E-state index contributed by atoms with van der Waals surface area (Å²) in [7, 11) is 0. The van der Waals surface area contributed by atoms with Crippen LogP contribution in [-0.4, -0.2) is 82.3 Å². The van der Waals surface area contributed by atoms with Crippen LogP contribution in [0.5, 0.6) is 0 Å². The molecule has 9 atom stereocenters. The summed E-state index contributed by atoms with van der Waals surface area (Å²) in [5.74, 6) is -1.48. The maximum Gasteiger partial charge on any atom is 0.249 e. The molecule has 0 aromatic carbocycles. The molecule has 5 heterocycles. The Balaban J connectivity index is 1.53. The Bertz CT molecular complexity index is 1670. The third kappa shape index (κ3) is 8.43. The fourth-order valence-corrected chi connectivity index (χ4v) is 8.04. The van der Waals surface area contributed by atoms with E-state index < -0.39 is 54.2 Å². The number of ether oxygens (including phenoxy) is 2. The minimum atomic E-state index is -0.894. The Hall–Kier alpha value is -3.92. The van der Waals surface area contributed by atoms with Crippen molar-refractivity contribution in [3.63, 3.8) is 0 Å². The summed E-state index contributed by atoms with van der Waals surface area (Å²) < 4.78 is 11.9. The molecule has 4 amide bonds. The first-order chi connectivity index (χ1) is 24.2. The van der Waals surface area contributed by atoms with Crippen molar-refractivity contribution in [1.82, 2.24) is 31.2 Å². The summed E-state index contributed by atoms with van der Waals surface area (Å²) in [6.45, 7) is 17.4. The van der Waals surface area contributed by atoms with Gasteiger partial charge in [-0.25, -0.2) is 20.0 Å². The monoisotopic (exact) mass is 742 g/mol. The molecular weight excluding hydrogens is 693 g/mol. The predicted octanol–water partition coefficient (Wildman–Crippen LogP) is 3.68. The molecule has 8 bridgehead atoms. The Morgan fingerprint density at radius 1 is 0.686 bits per heavy atom. The lowest BCUT2D eigenvalue weighted by molar-refractivity contribution is -0.132. The summed E-state index contributed by atoms with van der Waals surface area (Å²) in [6, 6.07) is -4.34. The number of carbonyl (C=O) groups excluding carboxylic acids is 4. The lowest BCUT2D eigenvalue weighted by atomic mass is 9.96. The Morgan fingerprint density at radius 3 is 1.65 bits per heavy atom. The van der Waals surface area contributed by atoms with Crippen LogP contribution in [0.1, 0.15) is 109 Å². The zero-order valence-corrected chi connectivity index (χ0v) is 32.3. The van der Waals surface area contributed by atoms with Crippen molar-refractivity contribution in [2.24, 2.45) is 33.7 Å². The van der Waals surface area contributed by atoms with E-state index in [0.717, 1.165) is 0 Å². The number of hydrogen-bond acceptors (Lipinski definition) is 12. The van der Waals surface area contributed by atoms with Crippen LogP contribution in [-0.2, 0) is 28.7 Å². The summed E-state index contributed by atoms with van der Waals surface area (Å²) in [6.07, 6.45) is 0.703. The van der Waals surface area contributed by atoms with Crippen molar-refractivity contribution < 1.29 is 28.7 Å². The van der Waals surface area contributed by atoms with Gasteiger partial charge in [-0.1, -0.05) is 68.2 Å². The van der Waals surface area contributed by atoms with Crippen LogP contribution >= 0.6 is 22.7 Å². The molecule has 4 N–H and O–H groups in total. The van der Waals surface area contributed by atoms with Gasteiger partial charge in [0.1, 0.15) is 46.2 Å². The molecule has 14 nitrogen and oxygen atoms in total. The van der Waals surface area contributed by atoms with E-state index in [4.69, 9.17) is 19.4 Å². The van der Waals surface area contributed by atoms with Crippen molar-refractivity contribution in [2.75, 3.05) is 6.61 Å². The van der Waals surface area contributed by atoms with E-state index in [1.54, 1.807) is 17.7 Å². The van der Waals surface area contributed by atoms with E-state index >= 15 is 0 Å². The molecule has 2 aromatic rings. The topological polar surface area (TPSA) is 185 Å². The molecule has 5 rings (SSSR count). The summed E-state index contributed by atoms with van der Waals surface area (Å²) in [4.78, 5) is 73.7. The zero-order valence-electron chi connectivity index (χ0n) is 30.7. The molecule has 0 saturated carbocycles. The predicted molar refractivity (Wildman–Crippen MR) is 196 cm³/mol. The molecule has 0 radical (unpaired) electrons. The second kappa shape index (κ2) is 16.2. The first-order valence-electron chi connectivity index (χ1n) is 17.8. The number of rotatable bonds is 6. The van der Waals surface area contributed by atoms with E-state index in [9.17, 15) is 19.2 Å². The fourth-order valence-electron chi connectivity index (χ4n) is 6.01. The molecular formula is C35H50N8O6S2. The smallest absolute Gasteiger partial charge is 0.249 e. The van der Waals surface area contributed by atoms with Gasteiger partial charge in [-0.05, 0) is 30.6 Å². The van der Waals surface area contributed by atoms with Crippen LogP contribution in [0.2, 0.25) is 0 Å². The standard InChI is InChI=1S/C35H50N8O6S2/c1-10-17(7)25-29(45)39-24(16(5)6)35-38-22(14-51-35)33-43-27(19(9)49-33)31(47)42-26(18(8)11-2)30(46)40-23(15(3)4)34-37-21(13-50-34)32-36-20(12-48-32)28(44)41-25/h13-20,23-27H,10-12H2,1-9H3,(H,39,45)(H,40,46)(H,41,44)(H,42,47)/t17?,18?,19-,20+,23?,24?,25+,26+,27+/m1/s1. The molecule has 2 aromatic heterocycles. The molecule has 4 unspecified atom stereocenters. The molecule has 0 saturated heterocycles. The van der Waals surface area contributed by atoms with Crippen LogP contribution in [0.25, 0.3) is 0 Å². The average molecular weight is 743 g/mol. The normalized spacial score (nSPS) is 28.7. The van der Waals surface area contributed by atoms with Gasteiger partial charge in [0.05, 0.1) is 12.1 Å². The molecule has 3 aliphatic rings. The number of nitrogens with one attached hydrogen (secondary N) is 4. The molecule has 16 heteroatoms. The van der Waals surface area contributed by atoms with Crippen molar-refractivity contribution in [2.45, 2.75) is 118 Å². The van der Waals surface area contributed by atoms with E-state index in [0.29, 0.717) is 34.2 Å². The summed E-state index contributed by atoms with van der Waals surface area (Å²) >= 11 is 2.70. The van der Waals surface area contributed by atoms with Crippen molar-refractivity contribution in [3.8, 4) is 0 Å². The van der Waals surface area contributed by atoms with Crippen LogP contribution in [0, 0.1) is 23.7 Å². The van der Waals surface area contributed by atoms with E-state index in [2.05, 4.69) is 31.3 Å². The molecule has 278 valence electrons. The lowest BCUT2D eigenvalue weighted by Gasteiger charge is -2.28. The lowest BCUT2D eigenvalue weighted by Crippen LogP contribution is -2.54. The number of amides is 4. The Kier molecular flexibility index (Phi) is 12.2. The number of fused-ring (bicyclic) bond motifs is 8. The molecule has 0 spiro atoms. The second-order valence-corrected chi connectivity index (χ2v) is 16.1. The largest absolute Gasteiger partial charge is 0.473 e. The zero-order chi connectivity index (χ0) is 37.1. The van der Waals surface area contributed by atoms with Crippen molar-refractivity contribution >= 4 is 58.1 Å². The number of nitrogens with zero attached hydrogens (tertiary/aromatic N) is 4. The minimum Gasteiger partial charge on any atom is -0.473 e. The highest BCUT2D eigenvalue weighted by Gasteiger charge is 2.39. The maximum absolute atomic E-state index is 13.9. The molecule has 3 aliphatic heterocycles. The van der Waals surface area contributed by atoms with Crippen molar-refractivity contribution in [1.29, 1.82) is 0 Å². The number of thiazole rings is 2. The second-order valence-electron chi connectivity index (χ2n) is 14.3. The van der Waals surface area contributed by atoms with Gasteiger partial charge in [-0.3, -0.25) is 19.2 Å². The minimum absolute atomic E-state index is 0.00554. The number of aliphatic imine (C=N–C) groups is 2. The molecule has 0 fully saturated rings. The van der Waals surface area contributed by atoms with Crippen molar-refractivity contribution in [3.05, 3.63) is 32.2 Å². The van der Waals surface area contributed by atoms with Gasteiger partial charge < -0.3 is 30.7 Å². The van der Waals surface area contributed by atoms with Crippen LogP contribution in [0.3, 0.4) is 0 Å². The first kappa shape index (κ1) is 38.3. The number of carbonyl (C=O) groups is 4. The van der Waals surface area contributed by atoms with Crippen LogP contribution < -0.4 is 21.3 Å². The fraction of sp³-hybridized carbons (Fsp3) is 0.657. The number of aromatic nitrogens is 2. The van der Waals surface area contributed by atoms with E-state index in [1.165, 1.54) is 22.7 Å². The SMILES string of the molecule is CCC(C)[C@@H]1NC(=O)[C@@H]2COC(=N2)c2csc(n2)C(C(C)C)NC(=O)[C@H](C(C)CC)NC(=O)[C@H]2N=C(O[C@@H]2C)c2csc(n2)C(C(C)C)NC1=O. The molecule has 51 heavy (non-hydrogen) atoms. The third-order valence-electron chi connectivity index (χ3n) is 9.75. The Morgan fingerprint density at radius 2 is 1.16 bits per heavy atom. The van der Waals surface area contributed by atoms with Gasteiger partial charge in [0, 0.05) is 10.8 Å². The van der Waals surface area contributed by atoms with Gasteiger partial charge in [0.25, 0.3) is 0 Å². The highest BCUT2D eigenvalue weighted by Crippen LogP contribution is 2.30. The van der Waals surface area contributed by atoms with E-state index in [-0.39, 0.29) is 53.9 Å². The highest BCUT2D eigenvalue weighted by molar-refractivity contribution is 7.10. The maximum atomic E-state index is 13.9.